The van der Waals surface area contributed by atoms with Crippen LogP contribution >= 0.6 is 0 Å². The summed E-state index contributed by atoms with van der Waals surface area (Å²) in [6.45, 7) is 4.50. The van der Waals surface area contributed by atoms with Crippen LogP contribution in [0.4, 0.5) is 10.5 Å². The zero-order valence-electron chi connectivity index (χ0n) is 15.8. The maximum absolute atomic E-state index is 12.6. The first-order valence-corrected chi connectivity index (χ1v) is 10.1. The lowest BCUT2D eigenvalue weighted by molar-refractivity contribution is 0.178. The molecule has 4 rings (SSSR count). The van der Waals surface area contributed by atoms with Crippen molar-refractivity contribution in [2.75, 3.05) is 37.6 Å². The van der Waals surface area contributed by atoms with Crippen LogP contribution < -0.4 is 10.2 Å². The van der Waals surface area contributed by atoms with Crippen LogP contribution in [0.25, 0.3) is 0 Å². The first kappa shape index (κ1) is 17.9. The van der Waals surface area contributed by atoms with Crippen LogP contribution in [0.3, 0.4) is 0 Å². The highest BCUT2D eigenvalue weighted by Crippen LogP contribution is 2.26. The van der Waals surface area contributed by atoms with Gasteiger partial charge in [0.15, 0.2) is 0 Å². The second-order valence-corrected chi connectivity index (χ2v) is 7.71. The number of carbonyl (C=O) groups is 1. The zero-order valence-corrected chi connectivity index (χ0v) is 15.8. The number of carbonyl (C=O) groups excluding carboxylic acids is 1. The van der Waals surface area contributed by atoms with Crippen LogP contribution in [-0.4, -0.2) is 53.6 Å². The van der Waals surface area contributed by atoms with E-state index in [9.17, 15) is 4.79 Å². The summed E-state index contributed by atoms with van der Waals surface area (Å²) in [6.07, 6.45) is 8.00. The molecule has 0 saturated carbocycles. The number of imidazole rings is 1. The summed E-state index contributed by atoms with van der Waals surface area (Å²) in [6, 6.07) is 10.7. The molecule has 27 heavy (non-hydrogen) atoms. The topological polar surface area (TPSA) is 64.3 Å². The lowest BCUT2D eigenvalue weighted by atomic mass is 9.96. The largest absolute Gasteiger partial charge is 0.371 e. The first-order valence-electron chi connectivity index (χ1n) is 10.1. The van der Waals surface area contributed by atoms with Gasteiger partial charge >= 0.3 is 6.03 Å². The van der Waals surface area contributed by atoms with Crippen molar-refractivity contribution >= 4 is 11.7 Å². The van der Waals surface area contributed by atoms with Gasteiger partial charge in [0, 0.05) is 56.7 Å². The Labute approximate surface area is 161 Å². The maximum Gasteiger partial charge on any atom is 0.317 e. The predicted octanol–water partition coefficient (Wildman–Crippen LogP) is 3.22. The van der Waals surface area contributed by atoms with E-state index in [1.165, 1.54) is 18.5 Å². The molecular weight excluding hydrogens is 338 g/mol. The number of amides is 2. The molecule has 1 atom stereocenters. The number of H-pyrrole nitrogens is 1. The Balaban J connectivity index is 1.22. The molecule has 1 aromatic carbocycles. The minimum atomic E-state index is 0.0877. The lowest BCUT2D eigenvalue weighted by Crippen LogP contribution is -2.47. The Morgan fingerprint density at radius 1 is 1.15 bits per heavy atom. The molecule has 2 fully saturated rings. The van der Waals surface area contributed by atoms with Gasteiger partial charge in [0.05, 0.1) is 0 Å². The Hall–Kier alpha value is -2.50. The summed E-state index contributed by atoms with van der Waals surface area (Å²) < 4.78 is 0. The third-order valence-electron chi connectivity index (χ3n) is 5.87. The number of hydrogen-bond acceptors (Lipinski definition) is 3. The van der Waals surface area contributed by atoms with E-state index >= 15 is 0 Å². The lowest BCUT2D eigenvalue weighted by Gasteiger charge is -2.35. The van der Waals surface area contributed by atoms with E-state index in [2.05, 4.69) is 50.5 Å². The fourth-order valence-corrected chi connectivity index (χ4v) is 4.31. The average Bonchev–Trinajstić information content (AvgIpc) is 3.28. The summed E-state index contributed by atoms with van der Waals surface area (Å²) in [5.74, 6) is 2.02. The number of nitrogens with zero attached hydrogens (tertiary/aromatic N) is 3. The average molecular weight is 367 g/mol. The molecule has 1 unspecified atom stereocenters. The summed E-state index contributed by atoms with van der Waals surface area (Å²) in [4.78, 5) is 24.5. The maximum atomic E-state index is 12.6. The molecule has 2 N–H and O–H groups in total. The number of aromatic nitrogens is 2. The number of rotatable bonds is 4. The van der Waals surface area contributed by atoms with Crippen molar-refractivity contribution in [3.8, 4) is 0 Å². The van der Waals surface area contributed by atoms with Crippen LogP contribution in [0.15, 0.2) is 42.7 Å². The molecule has 0 bridgehead atoms. The molecule has 0 aliphatic carbocycles. The molecule has 2 aromatic rings. The number of anilines is 1. The second kappa shape index (κ2) is 8.46. The molecular formula is C21H29N5O. The number of hydrogen-bond donors (Lipinski definition) is 2. The van der Waals surface area contributed by atoms with E-state index in [0.29, 0.717) is 11.8 Å². The molecule has 144 valence electrons. The molecule has 3 heterocycles. The Bertz CT molecular complexity index is 709. The second-order valence-electron chi connectivity index (χ2n) is 7.71. The van der Waals surface area contributed by atoms with Crippen LogP contribution in [0.1, 0.15) is 37.4 Å². The van der Waals surface area contributed by atoms with Gasteiger partial charge in [-0.1, -0.05) is 18.2 Å². The van der Waals surface area contributed by atoms with Crippen molar-refractivity contribution in [3.05, 3.63) is 48.5 Å². The fourth-order valence-electron chi connectivity index (χ4n) is 4.31. The summed E-state index contributed by atoms with van der Waals surface area (Å²) >= 11 is 0. The third kappa shape index (κ3) is 4.43. The van der Waals surface area contributed by atoms with Gasteiger partial charge in [-0.15, -0.1) is 0 Å². The van der Waals surface area contributed by atoms with Gasteiger partial charge in [0.2, 0.25) is 0 Å². The third-order valence-corrected chi connectivity index (χ3v) is 5.87. The van der Waals surface area contributed by atoms with Crippen molar-refractivity contribution < 1.29 is 4.79 Å². The highest BCUT2D eigenvalue weighted by atomic mass is 16.2. The number of para-hydroxylation sites is 1. The molecule has 2 saturated heterocycles. The minimum Gasteiger partial charge on any atom is -0.371 e. The number of piperidine rings is 2. The SMILES string of the molecule is O=C(NCC1CCCN(c2ccccc2)C1)N1CCC(c2ncc[nH]2)CC1. The number of likely N-dealkylation sites (tertiary alicyclic amines) is 1. The van der Waals surface area contributed by atoms with Crippen molar-refractivity contribution in [3.63, 3.8) is 0 Å². The summed E-state index contributed by atoms with van der Waals surface area (Å²) in [5.41, 5.74) is 1.29. The van der Waals surface area contributed by atoms with Crippen molar-refractivity contribution in [2.24, 2.45) is 5.92 Å². The number of nitrogens with one attached hydrogen (secondary N) is 2. The van der Waals surface area contributed by atoms with Crippen molar-refractivity contribution in [1.82, 2.24) is 20.2 Å². The number of aromatic amines is 1. The van der Waals surface area contributed by atoms with Gasteiger partial charge < -0.3 is 20.1 Å². The van der Waals surface area contributed by atoms with Crippen molar-refractivity contribution in [2.45, 2.75) is 31.6 Å². The van der Waals surface area contributed by atoms with Gasteiger partial charge in [-0.2, -0.15) is 0 Å². The molecule has 0 spiro atoms. The monoisotopic (exact) mass is 367 g/mol. The molecule has 2 aliphatic heterocycles. The molecule has 1 aromatic heterocycles. The van der Waals surface area contributed by atoms with E-state index in [1.807, 2.05) is 11.1 Å². The highest BCUT2D eigenvalue weighted by Gasteiger charge is 2.26. The van der Waals surface area contributed by atoms with E-state index in [1.54, 1.807) is 6.20 Å². The van der Waals surface area contributed by atoms with Gasteiger partial charge in [-0.3, -0.25) is 0 Å². The van der Waals surface area contributed by atoms with E-state index in [-0.39, 0.29) is 6.03 Å². The number of benzene rings is 1. The predicted molar refractivity (Wildman–Crippen MR) is 107 cm³/mol. The van der Waals surface area contributed by atoms with Gasteiger partial charge in [0.25, 0.3) is 0 Å². The van der Waals surface area contributed by atoms with Crippen LogP contribution in [0.5, 0.6) is 0 Å². The smallest absolute Gasteiger partial charge is 0.317 e. The quantitative estimate of drug-likeness (QED) is 0.872. The molecule has 0 radical (unpaired) electrons. The van der Waals surface area contributed by atoms with Crippen LogP contribution in [0.2, 0.25) is 0 Å². The van der Waals surface area contributed by atoms with E-state index < -0.39 is 0 Å². The first-order chi connectivity index (χ1) is 13.3. The standard InChI is InChI=1S/C21H29N5O/c27-21(25-13-8-18(9-14-25)20-22-10-11-23-20)24-15-17-5-4-12-26(16-17)19-6-2-1-3-7-19/h1-3,6-7,10-11,17-18H,4-5,8-9,12-16H2,(H,22,23)(H,24,27). The normalized spacial score (nSPS) is 21.3. The van der Waals surface area contributed by atoms with Gasteiger partial charge in [-0.25, -0.2) is 9.78 Å². The Kier molecular flexibility index (Phi) is 5.61. The summed E-state index contributed by atoms with van der Waals surface area (Å²) in [7, 11) is 0. The number of urea groups is 1. The van der Waals surface area contributed by atoms with E-state index in [4.69, 9.17) is 0 Å². The van der Waals surface area contributed by atoms with Crippen molar-refractivity contribution in [1.29, 1.82) is 0 Å². The zero-order chi connectivity index (χ0) is 18.5. The fraction of sp³-hybridized carbons (Fsp3) is 0.524. The molecule has 6 heteroatoms. The highest BCUT2D eigenvalue weighted by molar-refractivity contribution is 5.74. The van der Waals surface area contributed by atoms with Crippen LogP contribution in [0, 0.1) is 5.92 Å². The minimum absolute atomic E-state index is 0.0877. The van der Waals surface area contributed by atoms with Gasteiger partial charge in [0.1, 0.15) is 5.82 Å². The molecule has 2 amide bonds. The Morgan fingerprint density at radius 2 is 1.96 bits per heavy atom. The van der Waals surface area contributed by atoms with Crippen LogP contribution in [-0.2, 0) is 0 Å². The molecule has 6 nitrogen and oxygen atoms in total. The van der Waals surface area contributed by atoms with E-state index in [0.717, 1.165) is 51.4 Å². The summed E-state index contributed by atoms with van der Waals surface area (Å²) in [5, 5.41) is 3.18. The van der Waals surface area contributed by atoms with Gasteiger partial charge in [-0.05, 0) is 43.7 Å². The molecule has 2 aliphatic rings. The Morgan fingerprint density at radius 3 is 2.70 bits per heavy atom.